The fraction of sp³-hybridized carbons (Fsp3) is 0.588. The number of carbonyl (C=O) groups excluding carboxylic acids is 1. The van der Waals surface area contributed by atoms with Gasteiger partial charge in [-0.05, 0) is 37.7 Å². The van der Waals surface area contributed by atoms with Crippen molar-refractivity contribution in [2.75, 3.05) is 26.4 Å². The monoisotopic (exact) mass is 338 g/mol. The Balaban J connectivity index is 1.99. The van der Waals surface area contributed by atoms with Gasteiger partial charge in [0.2, 0.25) is 15.9 Å². The van der Waals surface area contributed by atoms with E-state index in [1.165, 1.54) is 19.7 Å². The first-order valence-corrected chi connectivity index (χ1v) is 9.74. The highest BCUT2D eigenvalue weighted by molar-refractivity contribution is 7.89. The molecule has 0 saturated carbocycles. The molecule has 1 atom stereocenters. The van der Waals surface area contributed by atoms with Gasteiger partial charge in [-0.25, -0.2) is 12.7 Å². The molecular formula is C17H26N2O3S. The number of hydrogen-bond acceptors (Lipinski definition) is 3. The first kappa shape index (κ1) is 17.9. The van der Waals surface area contributed by atoms with Crippen molar-refractivity contribution in [3.63, 3.8) is 0 Å². The number of carbonyl (C=O) groups is 1. The lowest BCUT2D eigenvalue weighted by molar-refractivity contribution is -0.132. The number of piperidine rings is 1. The van der Waals surface area contributed by atoms with Crippen LogP contribution in [0.1, 0.15) is 31.2 Å². The third kappa shape index (κ3) is 5.04. The molecule has 2 rings (SSSR count). The van der Waals surface area contributed by atoms with Gasteiger partial charge < -0.3 is 4.90 Å². The fourth-order valence-electron chi connectivity index (χ4n) is 2.98. The lowest BCUT2D eigenvalue weighted by Crippen LogP contribution is -2.47. The highest BCUT2D eigenvalue weighted by Gasteiger charge is 2.30. The second kappa shape index (κ2) is 7.93. The molecule has 1 heterocycles. The van der Waals surface area contributed by atoms with Crippen molar-refractivity contribution in [1.82, 2.24) is 9.21 Å². The van der Waals surface area contributed by atoms with E-state index in [1.54, 1.807) is 4.90 Å². The third-order valence-electron chi connectivity index (χ3n) is 4.42. The minimum Gasteiger partial charge on any atom is -0.339 e. The molecule has 0 spiro atoms. The van der Waals surface area contributed by atoms with Crippen LogP contribution in [0.15, 0.2) is 30.3 Å². The van der Waals surface area contributed by atoms with Gasteiger partial charge in [-0.2, -0.15) is 0 Å². The van der Waals surface area contributed by atoms with Gasteiger partial charge in [-0.15, -0.1) is 0 Å². The number of benzene rings is 1. The number of hydrogen-bond donors (Lipinski definition) is 0. The average molecular weight is 338 g/mol. The molecule has 5 nitrogen and oxygen atoms in total. The Hall–Kier alpha value is -1.40. The van der Waals surface area contributed by atoms with Crippen LogP contribution in [0, 0.1) is 0 Å². The van der Waals surface area contributed by atoms with Crippen molar-refractivity contribution in [2.24, 2.45) is 0 Å². The standard InChI is InChI=1S/C17H26N2O3S/c1-18(2)23(21,22)14-17(20)19-13-7-6-10-16(19)12-11-15-8-4-3-5-9-15/h3-5,8-9,16H,6-7,10-14H2,1-2H3/t16-/m0/s1. The first-order chi connectivity index (χ1) is 10.9. The maximum Gasteiger partial charge on any atom is 0.239 e. The van der Waals surface area contributed by atoms with Crippen molar-refractivity contribution in [3.05, 3.63) is 35.9 Å². The summed E-state index contributed by atoms with van der Waals surface area (Å²) >= 11 is 0. The predicted octanol–water partition coefficient (Wildman–Crippen LogP) is 1.89. The number of likely N-dealkylation sites (tertiary alicyclic amines) is 1. The summed E-state index contributed by atoms with van der Waals surface area (Å²) < 4.78 is 25.0. The number of rotatable bonds is 6. The Bertz CT molecular complexity index is 614. The molecule has 1 amide bonds. The van der Waals surface area contributed by atoms with E-state index in [4.69, 9.17) is 0 Å². The molecular weight excluding hydrogens is 312 g/mol. The van der Waals surface area contributed by atoms with Crippen LogP contribution in [0.3, 0.4) is 0 Å². The van der Waals surface area contributed by atoms with Crippen LogP contribution in [0.5, 0.6) is 0 Å². The van der Waals surface area contributed by atoms with Crippen molar-refractivity contribution in [3.8, 4) is 0 Å². The summed E-state index contributed by atoms with van der Waals surface area (Å²) in [7, 11) is -0.567. The third-order valence-corrected chi connectivity index (χ3v) is 6.14. The summed E-state index contributed by atoms with van der Waals surface area (Å²) in [6.45, 7) is 0.668. The Morgan fingerprint density at radius 2 is 1.91 bits per heavy atom. The molecule has 1 aliphatic rings. The number of amides is 1. The molecule has 1 aromatic carbocycles. The molecule has 0 radical (unpaired) electrons. The van der Waals surface area contributed by atoms with Crippen LogP contribution >= 0.6 is 0 Å². The predicted molar refractivity (Wildman–Crippen MR) is 91.6 cm³/mol. The maximum atomic E-state index is 12.5. The second-order valence-electron chi connectivity index (χ2n) is 6.30. The van der Waals surface area contributed by atoms with Crippen LogP contribution in [0.2, 0.25) is 0 Å². The molecule has 1 aromatic rings. The van der Waals surface area contributed by atoms with Gasteiger partial charge in [0, 0.05) is 26.7 Å². The average Bonchev–Trinajstić information content (AvgIpc) is 2.53. The zero-order valence-corrected chi connectivity index (χ0v) is 14.8. The first-order valence-electron chi connectivity index (χ1n) is 8.14. The zero-order valence-electron chi connectivity index (χ0n) is 13.9. The van der Waals surface area contributed by atoms with Crippen LogP contribution in [0.25, 0.3) is 0 Å². The Labute approximate surface area is 139 Å². The molecule has 1 aliphatic heterocycles. The van der Waals surface area contributed by atoms with E-state index >= 15 is 0 Å². The molecule has 1 saturated heterocycles. The molecule has 0 N–H and O–H groups in total. The molecule has 128 valence electrons. The van der Waals surface area contributed by atoms with Gasteiger partial charge in [0.25, 0.3) is 0 Å². The fourth-order valence-corrected chi connectivity index (χ4v) is 3.71. The number of aryl methyl sites for hydroxylation is 1. The van der Waals surface area contributed by atoms with E-state index in [1.807, 2.05) is 18.2 Å². The summed E-state index contributed by atoms with van der Waals surface area (Å²) in [5.41, 5.74) is 1.26. The highest BCUT2D eigenvalue weighted by Crippen LogP contribution is 2.22. The van der Waals surface area contributed by atoms with Crippen LogP contribution in [0.4, 0.5) is 0 Å². The Morgan fingerprint density at radius 1 is 1.22 bits per heavy atom. The molecule has 0 aliphatic carbocycles. The van der Waals surface area contributed by atoms with E-state index in [9.17, 15) is 13.2 Å². The van der Waals surface area contributed by atoms with Crippen LogP contribution < -0.4 is 0 Å². The molecule has 0 aromatic heterocycles. The van der Waals surface area contributed by atoms with Crippen molar-refractivity contribution in [1.29, 1.82) is 0 Å². The summed E-state index contributed by atoms with van der Waals surface area (Å²) in [4.78, 5) is 14.2. The van der Waals surface area contributed by atoms with E-state index in [0.717, 1.165) is 36.4 Å². The van der Waals surface area contributed by atoms with Crippen LogP contribution in [-0.4, -0.2) is 56.0 Å². The maximum absolute atomic E-state index is 12.5. The van der Waals surface area contributed by atoms with Crippen molar-refractivity contribution in [2.45, 2.75) is 38.1 Å². The van der Waals surface area contributed by atoms with E-state index in [0.29, 0.717) is 6.54 Å². The summed E-state index contributed by atoms with van der Waals surface area (Å²) in [6.07, 6.45) is 4.81. The smallest absolute Gasteiger partial charge is 0.239 e. The van der Waals surface area contributed by atoms with E-state index in [-0.39, 0.29) is 11.9 Å². The normalized spacial score (nSPS) is 19.1. The summed E-state index contributed by atoms with van der Waals surface area (Å²) in [5.74, 6) is -0.696. The van der Waals surface area contributed by atoms with Gasteiger partial charge in [-0.3, -0.25) is 4.79 Å². The van der Waals surface area contributed by atoms with E-state index < -0.39 is 15.8 Å². The lowest BCUT2D eigenvalue weighted by atomic mass is 9.96. The highest BCUT2D eigenvalue weighted by atomic mass is 32.2. The van der Waals surface area contributed by atoms with Crippen LogP contribution in [-0.2, 0) is 21.2 Å². The molecule has 1 fully saturated rings. The molecule has 0 unspecified atom stereocenters. The lowest BCUT2D eigenvalue weighted by Gasteiger charge is -2.36. The number of sulfonamides is 1. The second-order valence-corrected chi connectivity index (χ2v) is 8.48. The van der Waals surface area contributed by atoms with Gasteiger partial charge >= 0.3 is 0 Å². The van der Waals surface area contributed by atoms with Gasteiger partial charge in [-0.1, -0.05) is 30.3 Å². The molecule has 23 heavy (non-hydrogen) atoms. The van der Waals surface area contributed by atoms with Crippen molar-refractivity contribution >= 4 is 15.9 Å². The minimum atomic E-state index is -3.50. The Kier molecular flexibility index (Phi) is 6.18. The summed E-state index contributed by atoms with van der Waals surface area (Å²) in [6, 6.07) is 10.4. The number of nitrogens with zero attached hydrogens (tertiary/aromatic N) is 2. The Morgan fingerprint density at radius 3 is 2.57 bits per heavy atom. The minimum absolute atomic E-state index is 0.147. The SMILES string of the molecule is CN(C)S(=O)(=O)CC(=O)N1CCCC[C@H]1CCc1ccccc1. The topological polar surface area (TPSA) is 57.7 Å². The van der Waals surface area contributed by atoms with E-state index in [2.05, 4.69) is 12.1 Å². The quantitative estimate of drug-likeness (QED) is 0.796. The zero-order chi connectivity index (χ0) is 16.9. The summed E-state index contributed by atoms with van der Waals surface area (Å²) in [5, 5.41) is 0. The van der Waals surface area contributed by atoms with Gasteiger partial charge in [0.05, 0.1) is 0 Å². The van der Waals surface area contributed by atoms with Gasteiger partial charge in [0.1, 0.15) is 5.75 Å². The van der Waals surface area contributed by atoms with Crippen molar-refractivity contribution < 1.29 is 13.2 Å². The molecule has 6 heteroatoms. The molecule has 0 bridgehead atoms. The van der Waals surface area contributed by atoms with Gasteiger partial charge in [0.15, 0.2) is 0 Å². The largest absolute Gasteiger partial charge is 0.339 e.